The van der Waals surface area contributed by atoms with Gasteiger partial charge < -0.3 is 9.30 Å². The van der Waals surface area contributed by atoms with E-state index >= 15 is 0 Å². The van der Waals surface area contributed by atoms with Gasteiger partial charge in [0, 0.05) is 18.5 Å². The van der Waals surface area contributed by atoms with Crippen LogP contribution in [0.3, 0.4) is 0 Å². The lowest BCUT2D eigenvalue weighted by molar-refractivity contribution is 0.305. The number of hydrogen-bond donors (Lipinski definition) is 0. The van der Waals surface area contributed by atoms with Gasteiger partial charge in [-0.15, -0.1) is 0 Å². The molecule has 112 valence electrons. The maximum atomic E-state index is 11.9. The van der Waals surface area contributed by atoms with Crippen molar-refractivity contribution in [3.8, 4) is 5.75 Å². The molecule has 0 saturated heterocycles. The highest BCUT2D eigenvalue weighted by atomic mass is 35.5. The quantitative estimate of drug-likeness (QED) is 0.695. The molecule has 4 nitrogen and oxygen atoms in total. The van der Waals surface area contributed by atoms with E-state index in [2.05, 4.69) is 4.98 Å². The lowest BCUT2D eigenvalue weighted by Gasteiger charge is -2.15. The van der Waals surface area contributed by atoms with Crippen molar-refractivity contribution in [3.63, 3.8) is 0 Å². The number of halogens is 1. The Kier molecular flexibility index (Phi) is 3.86. The smallest absolute Gasteiger partial charge is 0.250 e. The highest BCUT2D eigenvalue weighted by Gasteiger charge is 2.15. The molecule has 5 heteroatoms. The van der Waals surface area contributed by atoms with Crippen LogP contribution in [0, 0.1) is 6.92 Å². The molecule has 0 aliphatic rings. The summed E-state index contributed by atoms with van der Waals surface area (Å²) >= 11 is 6.19. The molecule has 0 aliphatic heterocycles. The molecule has 22 heavy (non-hydrogen) atoms. The molecule has 0 amide bonds. The molecule has 0 aliphatic carbocycles. The molecular weight excluding hydrogens is 300 g/mol. The van der Waals surface area contributed by atoms with E-state index in [9.17, 15) is 4.79 Å². The van der Waals surface area contributed by atoms with Crippen LogP contribution in [-0.4, -0.2) is 9.55 Å². The second-order valence-corrected chi connectivity index (χ2v) is 5.44. The number of fused-ring (bicyclic) bond motifs is 1. The minimum atomic E-state index is -0.112. The molecule has 0 saturated carbocycles. The summed E-state index contributed by atoms with van der Waals surface area (Å²) in [6.45, 7) is 2.23. The molecule has 1 aromatic carbocycles. The van der Waals surface area contributed by atoms with Crippen LogP contribution in [0.1, 0.15) is 11.3 Å². The maximum Gasteiger partial charge on any atom is 0.250 e. The third-order valence-corrected chi connectivity index (χ3v) is 3.86. The zero-order valence-corrected chi connectivity index (χ0v) is 13.1. The Morgan fingerprint density at radius 1 is 1.18 bits per heavy atom. The van der Waals surface area contributed by atoms with Crippen molar-refractivity contribution in [1.82, 2.24) is 9.55 Å². The summed E-state index contributed by atoms with van der Waals surface area (Å²) in [7, 11) is 1.70. The van der Waals surface area contributed by atoms with Gasteiger partial charge in [0.1, 0.15) is 11.8 Å². The monoisotopic (exact) mass is 314 g/mol. The third kappa shape index (κ3) is 2.57. The molecule has 3 rings (SSSR count). The second-order valence-electron chi connectivity index (χ2n) is 5.08. The lowest BCUT2D eigenvalue weighted by atomic mass is 10.2. The highest BCUT2D eigenvalue weighted by molar-refractivity contribution is 6.34. The van der Waals surface area contributed by atoms with Crippen LogP contribution in [0.15, 0.2) is 47.3 Å². The Labute approximate surface area is 132 Å². The van der Waals surface area contributed by atoms with Gasteiger partial charge in [0.2, 0.25) is 0 Å². The van der Waals surface area contributed by atoms with E-state index in [0.717, 1.165) is 5.56 Å². The standard InChI is InChI=1S/C17H15ClN2O2/c1-11-16(22-10-12-6-4-3-5-7-12)15-13(17(18)19-11)8-9-14(21)20(15)2/h3-9H,10H2,1-2H3. The molecule has 0 N–H and O–H groups in total. The summed E-state index contributed by atoms with van der Waals surface area (Å²) < 4.78 is 7.48. The Morgan fingerprint density at radius 2 is 1.91 bits per heavy atom. The van der Waals surface area contributed by atoms with E-state index in [1.54, 1.807) is 13.1 Å². The molecule has 2 heterocycles. The van der Waals surface area contributed by atoms with Crippen molar-refractivity contribution >= 4 is 22.5 Å². The van der Waals surface area contributed by atoms with Crippen LogP contribution in [0.25, 0.3) is 10.9 Å². The van der Waals surface area contributed by atoms with Crippen LogP contribution in [0.5, 0.6) is 5.75 Å². The Balaban J connectivity index is 2.12. The number of ether oxygens (including phenoxy) is 1. The van der Waals surface area contributed by atoms with Crippen LogP contribution >= 0.6 is 11.6 Å². The topological polar surface area (TPSA) is 44.1 Å². The Hall–Kier alpha value is -2.33. The van der Waals surface area contributed by atoms with E-state index in [0.29, 0.717) is 34.1 Å². The number of benzene rings is 1. The number of hydrogen-bond acceptors (Lipinski definition) is 3. The van der Waals surface area contributed by atoms with Crippen molar-refractivity contribution in [3.05, 3.63) is 69.2 Å². The fourth-order valence-electron chi connectivity index (χ4n) is 2.41. The maximum absolute atomic E-state index is 11.9. The lowest BCUT2D eigenvalue weighted by Crippen LogP contribution is -2.16. The van der Waals surface area contributed by atoms with Crippen molar-refractivity contribution in [1.29, 1.82) is 0 Å². The van der Waals surface area contributed by atoms with Gasteiger partial charge in [-0.2, -0.15) is 0 Å². The van der Waals surface area contributed by atoms with Crippen molar-refractivity contribution in [2.24, 2.45) is 7.05 Å². The van der Waals surface area contributed by atoms with E-state index < -0.39 is 0 Å². The zero-order valence-electron chi connectivity index (χ0n) is 12.3. The average molecular weight is 315 g/mol. The molecule has 3 aromatic rings. The predicted octanol–water partition coefficient (Wildman–Crippen LogP) is 3.47. The van der Waals surface area contributed by atoms with Crippen molar-refractivity contribution in [2.45, 2.75) is 13.5 Å². The number of aryl methyl sites for hydroxylation is 2. The van der Waals surface area contributed by atoms with Crippen LogP contribution in [0.2, 0.25) is 5.15 Å². The van der Waals surface area contributed by atoms with Crippen LogP contribution in [-0.2, 0) is 13.7 Å². The first-order valence-electron chi connectivity index (χ1n) is 6.90. The zero-order chi connectivity index (χ0) is 15.7. The molecular formula is C17H15ClN2O2. The van der Waals surface area contributed by atoms with Gasteiger partial charge >= 0.3 is 0 Å². The van der Waals surface area contributed by atoms with E-state index in [-0.39, 0.29) is 5.56 Å². The molecule has 2 aromatic heterocycles. The Morgan fingerprint density at radius 3 is 2.64 bits per heavy atom. The molecule has 0 spiro atoms. The van der Waals surface area contributed by atoms with Crippen molar-refractivity contribution in [2.75, 3.05) is 0 Å². The predicted molar refractivity (Wildman–Crippen MR) is 87.5 cm³/mol. The van der Waals surface area contributed by atoms with Crippen molar-refractivity contribution < 1.29 is 4.74 Å². The van der Waals surface area contributed by atoms with E-state index in [4.69, 9.17) is 16.3 Å². The first kappa shape index (κ1) is 14.6. The summed E-state index contributed by atoms with van der Waals surface area (Å²) in [5, 5.41) is 1.08. The molecule has 0 unspecified atom stereocenters. The molecule has 0 atom stereocenters. The van der Waals surface area contributed by atoms with Gasteiger partial charge in [0.25, 0.3) is 5.56 Å². The van der Waals surface area contributed by atoms with Gasteiger partial charge in [-0.1, -0.05) is 41.9 Å². The number of aromatic nitrogens is 2. The van der Waals surface area contributed by atoms with Crippen LogP contribution < -0.4 is 10.3 Å². The first-order valence-corrected chi connectivity index (χ1v) is 7.28. The van der Waals surface area contributed by atoms with Gasteiger partial charge in [-0.3, -0.25) is 4.79 Å². The second kappa shape index (κ2) is 5.81. The average Bonchev–Trinajstić information content (AvgIpc) is 2.51. The minimum Gasteiger partial charge on any atom is -0.485 e. The fourth-order valence-corrected chi connectivity index (χ4v) is 2.69. The SMILES string of the molecule is Cc1nc(Cl)c2ccc(=O)n(C)c2c1OCc1ccccc1. The molecule has 0 fully saturated rings. The third-order valence-electron chi connectivity index (χ3n) is 3.57. The largest absolute Gasteiger partial charge is 0.485 e. The van der Waals surface area contributed by atoms with Gasteiger partial charge in [0.05, 0.1) is 11.2 Å². The summed E-state index contributed by atoms with van der Waals surface area (Å²) in [4.78, 5) is 16.2. The highest BCUT2D eigenvalue weighted by Crippen LogP contribution is 2.31. The minimum absolute atomic E-state index is 0.112. The summed E-state index contributed by atoms with van der Waals surface area (Å²) in [6.07, 6.45) is 0. The van der Waals surface area contributed by atoms with Gasteiger partial charge in [0.15, 0.2) is 5.75 Å². The number of rotatable bonds is 3. The fraction of sp³-hybridized carbons (Fsp3) is 0.176. The summed E-state index contributed by atoms with van der Waals surface area (Å²) in [5.74, 6) is 0.587. The summed E-state index contributed by atoms with van der Waals surface area (Å²) in [5.41, 5.74) is 2.26. The van der Waals surface area contributed by atoms with E-state index in [1.165, 1.54) is 10.6 Å². The number of nitrogens with zero attached hydrogens (tertiary/aromatic N) is 2. The first-order chi connectivity index (χ1) is 10.6. The molecule has 0 bridgehead atoms. The normalized spacial score (nSPS) is 10.9. The van der Waals surface area contributed by atoms with Gasteiger partial charge in [-0.05, 0) is 18.6 Å². The van der Waals surface area contributed by atoms with Gasteiger partial charge in [-0.25, -0.2) is 4.98 Å². The van der Waals surface area contributed by atoms with E-state index in [1.807, 2.05) is 37.3 Å². The number of pyridine rings is 2. The Bertz CT molecular complexity index is 889. The van der Waals surface area contributed by atoms with Crippen LogP contribution in [0.4, 0.5) is 0 Å². The molecule has 0 radical (unpaired) electrons. The summed E-state index contributed by atoms with van der Waals surface area (Å²) in [6, 6.07) is 13.0.